The number of methoxy groups -OCH3 is 2. The molecule has 0 spiro atoms. The van der Waals surface area contributed by atoms with E-state index in [-0.39, 0.29) is 23.8 Å². The number of aliphatic hydroxyl groups excluding tert-OH is 1. The molecule has 0 bridgehead atoms. The van der Waals surface area contributed by atoms with Crippen LogP contribution in [0.1, 0.15) is 40.0 Å². The van der Waals surface area contributed by atoms with Gasteiger partial charge in [0.25, 0.3) is 0 Å². The number of carbonyl (C=O) groups is 2. The van der Waals surface area contributed by atoms with Crippen LogP contribution >= 0.6 is 12.2 Å². The Morgan fingerprint density at radius 2 is 2.00 bits per heavy atom. The van der Waals surface area contributed by atoms with E-state index in [1.54, 1.807) is 0 Å². The van der Waals surface area contributed by atoms with Gasteiger partial charge < -0.3 is 24.8 Å². The molecule has 2 N–H and O–H groups in total. The van der Waals surface area contributed by atoms with Gasteiger partial charge in [-0.3, -0.25) is 0 Å². The number of hydrogen-bond donors (Lipinski definition) is 2. The molecule has 0 amide bonds. The van der Waals surface area contributed by atoms with Crippen molar-refractivity contribution in [1.29, 1.82) is 0 Å². The van der Waals surface area contributed by atoms with E-state index in [2.05, 4.69) is 5.32 Å². The van der Waals surface area contributed by atoms with Crippen LogP contribution in [0.15, 0.2) is 18.2 Å². The molecule has 1 heterocycles. The van der Waals surface area contributed by atoms with Crippen LogP contribution in [0.3, 0.4) is 0 Å². The van der Waals surface area contributed by atoms with E-state index in [0.29, 0.717) is 10.8 Å². The Morgan fingerprint density at radius 1 is 1.28 bits per heavy atom. The quantitative estimate of drug-likeness (QED) is 0.616. The van der Waals surface area contributed by atoms with Gasteiger partial charge in [-0.1, -0.05) is 0 Å². The maximum absolute atomic E-state index is 12.0. The molecule has 0 aliphatic carbocycles. The lowest BCUT2D eigenvalue weighted by atomic mass is 10.0. The van der Waals surface area contributed by atoms with Gasteiger partial charge in [-0.15, -0.1) is 0 Å². The molecular weight excluding hydrogens is 344 g/mol. The van der Waals surface area contributed by atoms with E-state index < -0.39 is 11.9 Å². The van der Waals surface area contributed by atoms with Gasteiger partial charge in [0.2, 0.25) is 0 Å². The number of carbonyl (C=O) groups excluding carboxylic acids is 2. The number of hydrogen-bond acceptors (Lipinski definition) is 6. The average molecular weight is 366 g/mol. The maximum atomic E-state index is 12.0. The highest BCUT2D eigenvalue weighted by molar-refractivity contribution is 7.80. The Morgan fingerprint density at radius 3 is 2.64 bits per heavy atom. The van der Waals surface area contributed by atoms with Crippen LogP contribution in [-0.2, 0) is 9.47 Å². The third-order valence-electron chi connectivity index (χ3n) is 4.19. The molecular formula is C17H22N2O5S. The zero-order chi connectivity index (χ0) is 18.4. The van der Waals surface area contributed by atoms with Gasteiger partial charge in [-0.25, -0.2) is 9.59 Å². The summed E-state index contributed by atoms with van der Waals surface area (Å²) in [7, 11) is 2.57. The molecule has 25 heavy (non-hydrogen) atoms. The molecule has 0 aromatic heterocycles. The zero-order valence-corrected chi connectivity index (χ0v) is 15.1. The summed E-state index contributed by atoms with van der Waals surface area (Å²) >= 11 is 5.45. The molecule has 136 valence electrons. The number of rotatable bonds is 4. The van der Waals surface area contributed by atoms with Crippen molar-refractivity contribution in [2.75, 3.05) is 32.7 Å². The third kappa shape index (κ3) is 4.46. The van der Waals surface area contributed by atoms with Crippen molar-refractivity contribution in [2.24, 2.45) is 0 Å². The summed E-state index contributed by atoms with van der Waals surface area (Å²) in [5.41, 5.74) is 0.912. The maximum Gasteiger partial charge on any atom is 0.339 e. The minimum atomic E-state index is -0.543. The molecule has 1 fully saturated rings. The average Bonchev–Trinajstić information content (AvgIpc) is 2.66. The molecule has 1 aromatic rings. The van der Waals surface area contributed by atoms with E-state index in [0.717, 1.165) is 25.8 Å². The zero-order valence-electron chi connectivity index (χ0n) is 14.3. The largest absolute Gasteiger partial charge is 0.465 e. The Bertz CT molecular complexity index is 664. The smallest absolute Gasteiger partial charge is 0.339 e. The number of esters is 2. The SMILES string of the molecule is COC(=O)c1ccc(C(=O)OC)c(NC(=S)N2CCCC[C@@H]2CO)c1. The topological polar surface area (TPSA) is 88.1 Å². The fraction of sp³-hybridized carbons (Fsp3) is 0.471. The minimum absolute atomic E-state index is 0.00782. The lowest BCUT2D eigenvalue weighted by Gasteiger charge is -2.36. The molecule has 1 aliphatic heterocycles. The number of ether oxygens (including phenoxy) is 2. The number of anilines is 1. The Balaban J connectivity index is 2.30. The van der Waals surface area contributed by atoms with Crippen molar-refractivity contribution in [3.63, 3.8) is 0 Å². The summed E-state index contributed by atoms with van der Waals surface area (Å²) in [4.78, 5) is 25.7. The molecule has 2 rings (SSSR count). The Labute approximate surface area is 151 Å². The van der Waals surface area contributed by atoms with Crippen molar-refractivity contribution in [3.8, 4) is 0 Å². The first-order valence-electron chi connectivity index (χ1n) is 8.01. The second-order valence-corrected chi connectivity index (χ2v) is 6.09. The molecule has 1 atom stereocenters. The van der Waals surface area contributed by atoms with Crippen molar-refractivity contribution < 1.29 is 24.2 Å². The number of piperidine rings is 1. The molecule has 1 aliphatic rings. The van der Waals surface area contributed by atoms with E-state index in [9.17, 15) is 14.7 Å². The van der Waals surface area contributed by atoms with Crippen molar-refractivity contribution in [1.82, 2.24) is 4.90 Å². The second kappa shape index (κ2) is 8.77. The Kier molecular flexibility index (Phi) is 6.72. The first-order valence-corrected chi connectivity index (χ1v) is 8.41. The summed E-state index contributed by atoms with van der Waals surface area (Å²) in [6.07, 6.45) is 2.87. The highest BCUT2D eigenvalue weighted by Crippen LogP contribution is 2.23. The second-order valence-electron chi connectivity index (χ2n) is 5.70. The van der Waals surface area contributed by atoms with Crippen LogP contribution in [0.25, 0.3) is 0 Å². The van der Waals surface area contributed by atoms with E-state index in [4.69, 9.17) is 21.7 Å². The first-order chi connectivity index (χ1) is 12.0. The van der Waals surface area contributed by atoms with Gasteiger partial charge in [0.1, 0.15) is 0 Å². The van der Waals surface area contributed by atoms with E-state index in [1.165, 1.54) is 32.4 Å². The van der Waals surface area contributed by atoms with Gasteiger partial charge in [-0.05, 0) is 49.7 Å². The minimum Gasteiger partial charge on any atom is -0.465 e. The first kappa shape index (κ1) is 19.1. The summed E-state index contributed by atoms with van der Waals surface area (Å²) in [6, 6.07) is 4.42. The van der Waals surface area contributed by atoms with Gasteiger partial charge in [-0.2, -0.15) is 0 Å². The summed E-state index contributed by atoms with van der Waals surface area (Å²) < 4.78 is 9.50. The molecule has 0 unspecified atom stereocenters. The highest BCUT2D eigenvalue weighted by atomic mass is 32.1. The van der Waals surface area contributed by atoms with Crippen LogP contribution in [0.5, 0.6) is 0 Å². The Hall–Kier alpha value is -2.19. The number of likely N-dealkylation sites (tertiary alicyclic amines) is 1. The highest BCUT2D eigenvalue weighted by Gasteiger charge is 2.25. The van der Waals surface area contributed by atoms with Crippen LogP contribution < -0.4 is 5.32 Å². The summed E-state index contributed by atoms with van der Waals surface area (Å²) in [5.74, 6) is -1.06. The normalized spacial score (nSPS) is 16.9. The van der Waals surface area contributed by atoms with Crippen LogP contribution in [0, 0.1) is 0 Å². The molecule has 8 heteroatoms. The molecule has 0 saturated carbocycles. The predicted molar refractivity (Wildman–Crippen MR) is 96.8 cm³/mol. The standard InChI is InChI=1S/C17H22N2O5S/c1-23-15(21)11-6-7-13(16(22)24-2)14(9-11)18-17(25)19-8-4-3-5-12(19)10-20/h6-7,9,12,20H,3-5,8,10H2,1-2H3,(H,18,25)/t12-/m1/s1. The van der Waals surface area contributed by atoms with E-state index >= 15 is 0 Å². The monoisotopic (exact) mass is 366 g/mol. The van der Waals surface area contributed by atoms with Crippen molar-refractivity contribution >= 4 is 35.0 Å². The number of aliphatic hydroxyl groups is 1. The molecule has 1 saturated heterocycles. The van der Waals surface area contributed by atoms with Gasteiger partial charge in [0, 0.05) is 6.54 Å². The summed E-state index contributed by atoms with van der Waals surface area (Å²) in [6.45, 7) is 0.731. The molecule has 7 nitrogen and oxygen atoms in total. The molecule has 0 radical (unpaired) electrons. The predicted octanol–water partition coefficient (Wildman–Crippen LogP) is 1.80. The lowest BCUT2D eigenvalue weighted by molar-refractivity contribution is 0.0587. The van der Waals surface area contributed by atoms with Gasteiger partial charge in [0.15, 0.2) is 5.11 Å². The van der Waals surface area contributed by atoms with Gasteiger partial charge in [0.05, 0.1) is 43.7 Å². The van der Waals surface area contributed by atoms with Crippen LogP contribution in [0.2, 0.25) is 0 Å². The fourth-order valence-corrected chi connectivity index (χ4v) is 3.18. The van der Waals surface area contributed by atoms with Crippen LogP contribution in [0.4, 0.5) is 5.69 Å². The van der Waals surface area contributed by atoms with E-state index in [1.807, 2.05) is 4.90 Å². The third-order valence-corrected chi connectivity index (χ3v) is 4.52. The molecule has 1 aromatic carbocycles. The summed E-state index contributed by atoms with van der Waals surface area (Å²) in [5, 5.41) is 13.0. The fourth-order valence-electron chi connectivity index (χ4n) is 2.83. The lowest BCUT2D eigenvalue weighted by Crippen LogP contribution is -2.47. The van der Waals surface area contributed by atoms with Crippen molar-refractivity contribution in [2.45, 2.75) is 25.3 Å². The van der Waals surface area contributed by atoms with Crippen molar-refractivity contribution in [3.05, 3.63) is 29.3 Å². The number of benzene rings is 1. The number of thiocarbonyl (C=S) groups is 1. The number of nitrogens with zero attached hydrogens (tertiary/aromatic N) is 1. The van der Waals surface area contributed by atoms with Gasteiger partial charge >= 0.3 is 11.9 Å². The number of nitrogens with one attached hydrogen (secondary N) is 1. The van der Waals surface area contributed by atoms with Crippen LogP contribution in [-0.4, -0.2) is 60.5 Å².